The highest BCUT2D eigenvalue weighted by Gasteiger charge is 2.35. The Bertz CT molecular complexity index is 472. The Labute approximate surface area is 133 Å². The first-order valence-electron chi connectivity index (χ1n) is 8.38. The van der Waals surface area contributed by atoms with E-state index in [2.05, 4.69) is 24.0 Å². The molecule has 1 heterocycles. The first kappa shape index (κ1) is 16.8. The van der Waals surface area contributed by atoms with Gasteiger partial charge >= 0.3 is 5.97 Å². The zero-order chi connectivity index (χ0) is 15.9. The van der Waals surface area contributed by atoms with Crippen LogP contribution in [0.1, 0.15) is 57.6 Å². The molecule has 2 atom stereocenters. The number of carbonyl (C=O) groups is 1. The number of benzene rings is 1. The summed E-state index contributed by atoms with van der Waals surface area (Å²) in [6.07, 6.45) is 4.97. The number of likely N-dealkylation sites (tertiary alicyclic amines) is 1. The van der Waals surface area contributed by atoms with Crippen LogP contribution in [-0.4, -0.2) is 35.2 Å². The van der Waals surface area contributed by atoms with E-state index in [4.69, 9.17) is 4.74 Å². The van der Waals surface area contributed by atoms with Gasteiger partial charge in [-0.25, -0.2) is 0 Å². The Kier molecular flexibility index (Phi) is 6.25. The molecule has 1 N–H and O–H groups in total. The third-order valence-corrected chi connectivity index (χ3v) is 4.39. The number of aliphatic carboxylic acids is 1. The number of hydrogen-bond donors (Lipinski definition) is 1. The molecular weight excluding hydrogens is 278 g/mol. The first-order chi connectivity index (χ1) is 10.7. The maximum Gasteiger partial charge on any atom is 0.320 e. The second kappa shape index (κ2) is 8.18. The van der Waals surface area contributed by atoms with Crippen molar-refractivity contribution in [3.63, 3.8) is 0 Å². The average molecular weight is 305 g/mol. The lowest BCUT2D eigenvalue weighted by atomic mass is 9.98. The van der Waals surface area contributed by atoms with Gasteiger partial charge in [-0.1, -0.05) is 31.9 Å². The molecule has 1 fully saturated rings. The number of unbranched alkanes of at least 4 members (excludes halogenated alkanes) is 1. The second-order valence-corrected chi connectivity index (χ2v) is 5.89. The van der Waals surface area contributed by atoms with Gasteiger partial charge in [-0.3, -0.25) is 9.69 Å². The van der Waals surface area contributed by atoms with Crippen LogP contribution in [0.2, 0.25) is 0 Å². The number of rotatable bonds is 8. The third kappa shape index (κ3) is 4.01. The molecule has 1 aliphatic heterocycles. The van der Waals surface area contributed by atoms with Gasteiger partial charge in [0.05, 0.1) is 6.61 Å². The molecule has 0 aliphatic carbocycles. The lowest BCUT2D eigenvalue weighted by Gasteiger charge is -2.31. The van der Waals surface area contributed by atoms with Crippen molar-refractivity contribution in [1.82, 2.24) is 4.90 Å². The van der Waals surface area contributed by atoms with Crippen LogP contribution in [0.3, 0.4) is 0 Å². The van der Waals surface area contributed by atoms with Crippen LogP contribution in [0.25, 0.3) is 0 Å². The summed E-state index contributed by atoms with van der Waals surface area (Å²) in [5, 5.41) is 9.46. The van der Waals surface area contributed by atoms with Crippen molar-refractivity contribution in [1.29, 1.82) is 0 Å². The Morgan fingerprint density at radius 3 is 2.68 bits per heavy atom. The molecule has 4 heteroatoms. The molecule has 22 heavy (non-hydrogen) atoms. The highest BCUT2D eigenvalue weighted by Crippen LogP contribution is 2.34. The fourth-order valence-electron chi connectivity index (χ4n) is 3.30. The number of hydrogen-bond acceptors (Lipinski definition) is 3. The Morgan fingerprint density at radius 1 is 1.36 bits per heavy atom. The predicted octanol–water partition coefficient (Wildman–Crippen LogP) is 3.87. The molecule has 0 saturated carbocycles. The van der Waals surface area contributed by atoms with Crippen molar-refractivity contribution in [2.75, 3.05) is 13.2 Å². The fourth-order valence-corrected chi connectivity index (χ4v) is 3.30. The van der Waals surface area contributed by atoms with Gasteiger partial charge in [0.2, 0.25) is 0 Å². The average Bonchev–Trinajstić information content (AvgIpc) is 2.99. The van der Waals surface area contributed by atoms with Gasteiger partial charge in [-0.2, -0.15) is 0 Å². The number of ether oxygens (including phenoxy) is 1. The zero-order valence-electron chi connectivity index (χ0n) is 13.6. The number of nitrogens with zero attached hydrogens (tertiary/aromatic N) is 1. The van der Waals surface area contributed by atoms with Gasteiger partial charge in [0.15, 0.2) is 0 Å². The van der Waals surface area contributed by atoms with Crippen molar-refractivity contribution >= 4 is 5.97 Å². The molecule has 1 saturated heterocycles. The summed E-state index contributed by atoms with van der Waals surface area (Å²) in [4.78, 5) is 13.7. The van der Waals surface area contributed by atoms with E-state index in [-0.39, 0.29) is 12.1 Å². The maximum atomic E-state index is 11.5. The quantitative estimate of drug-likeness (QED) is 0.792. The Balaban J connectivity index is 2.19. The molecular formula is C18H27NO3. The van der Waals surface area contributed by atoms with E-state index in [1.165, 1.54) is 5.56 Å². The second-order valence-electron chi connectivity index (χ2n) is 5.89. The molecule has 1 aromatic carbocycles. The molecule has 122 valence electrons. The van der Waals surface area contributed by atoms with Crippen molar-refractivity contribution in [2.45, 2.75) is 58.0 Å². The van der Waals surface area contributed by atoms with Gasteiger partial charge in [-0.15, -0.1) is 0 Å². The van der Waals surface area contributed by atoms with Crippen molar-refractivity contribution in [3.8, 4) is 5.75 Å². The van der Waals surface area contributed by atoms with Gasteiger partial charge < -0.3 is 9.84 Å². The highest BCUT2D eigenvalue weighted by atomic mass is 16.5. The van der Waals surface area contributed by atoms with E-state index in [0.717, 1.165) is 44.4 Å². The van der Waals surface area contributed by atoms with E-state index in [1.807, 2.05) is 19.1 Å². The minimum Gasteiger partial charge on any atom is -0.494 e. The first-order valence-corrected chi connectivity index (χ1v) is 8.38. The Hall–Kier alpha value is -1.55. The topological polar surface area (TPSA) is 49.8 Å². The van der Waals surface area contributed by atoms with E-state index in [9.17, 15) is 9.90 Å². The largest absolute Gasteiger partial charge is 0.494 e. The zero-order valence-corrected chi connectivity index (χ0v) is 13.6. The molecule has 0 aromatic heterocycles. The van der Waals surface area contributed by atoms with Crippen LogP contribution < -0.4 is 4.74 Å². The fraction of sp³-hybridized carbons (Fsp3) is 0.611. The van der Waals surface area contributed by atoms with Gasteiger partial charge in [0.1, 0.15) is 11.8 Å². The smallest absolute Gasteiger partial charge is 0.320 e. The summed E-state index contributed by atoms with van der Waals surface area (Å²) in [6.45, 7) is 5.68. The van der Waals surface area contributed by atoms with E-state index in [0.29, 0.717) is 6.61 Å². The SMILES string of the molecule is CCCCC(c1ccc(OCC)cc1)N1CCCC1C(=O)O. The summed E-state index contributed by atoms with van der Waals surface area (Å²) >= 11 is 0. The standard InChI is InChI=1S/C18H27NO3/c1-3-5-7-16(19-13-6-8-17(19)18(20)21)14-9-11-15(12-10-14)22-4-2/h9-12,16-17H,3-8,13H2,1-2H3,(H,20,21). The molecule has 2 unspecified atom stereocenters. The minimum atomic E-state index is -0.690. The van der Waals surface area contributed by atoms with Gasteiger partial charge in [-0.05, 0) is 50.4 Å². The van der Waals surface area contributed by atoms with E-state index in [1.54, 1.807) is 0 Å². The molecule has 0 bridgehead atoms. The van der Waals surface area contributed by atoms with Crippen LogP contribution in [0.5, 0.6) is 5.75 Å². The molecule has 0 spiro atoms. The molecule has 0 radical (unpaired) electrons. The van der Waals surface area contributed by atoms with Crippen LogP contribution in [0, 0.1) is 0 Å². The monoisotopic (exact) mass is 305 g/mol. The summed E-state index contributed by atoms with van der Waals surface area (Å²) in [6, 6.07) is 8.01. The van der Waals surface area contributed by atoms with Crippen molar-refractivity contribution in [2.24, 2.45) is 0 Å². The predicted molar refractivity (Wildman–Crippen MR) is 87.2 cm³/mol. The molecule has 4 nitrogen and oxygen atoms in total. The Morgan fingerprint density at radius 2 is 2.09 bits per heavy atom. The van der Waals surface area contributed by atoms with Crippen LogP contribution >= 0.6 is 0 Å². The molecule has 2 rings (SSSR count). The minimum absolute atomic E-state index is 0.194. The maximum absolute atomic E-state index is 11.5. The lowest BCUT2D eigenvalue weighted by molar-refractivity contribution is -0.143. The van der Waals surface area contributed by atoms with Crippen LogP contribution in [-0.2, 0) is 4.79 Å². The molecule has 1 aliphatic rings. The molecule has 0 amide bonds. The van der Waals surface area contributed by atoms with Crippen LogP contribution in [0.4, 0.5) is 0 Å². The van der Waals surface area contributed by atoms with Gasteiger partial charge in [0.25, 0.3) is 0 Å². The summed E-state index contributed by atoms with van der Waals surface area (Å²) in [5.74, 6) is 0.182. The summed E-state index contributed by atoms with van der Waals surface area (Å²) in [5.41, 5.74) is 1.20. The third-order valence-electron chi connectivity index (χ3n) is 4.39. The summed E-state index contributed by atoms with van der Waals surface area (Å²) < 4.78 is 5.50. The van der Waals surface area contributed by atoms with E-state index < -0.39 is 5.97 Å². The lowest BCUT2D eigenvalue weighted by Crippen LogP contribution is -2.38. The van der Waals surface area contributed by atoms with Crippen LogP contribution in [0.15, 0.2) is 24.3 Å². The molecule has 1 aromatic rings. The van der Waals surface area contributed by atoms with Gasteiger partial charge in [0, 0.05) is 6.04 Å². The number of carboxylic acids is 1. The normalized spacial score (nSPS) is 20.0. The van der Waals surface area contributed by atoms with Crippen molar-refractivity contribution in [3.05, 3.63) is 29.8 Å². The number of carboxylic acid groups (broad SMARTS) is 1. The highest BCUT2D eigenvalue weighted by molar-refractivity contribution is 5.73. The van der Waals surface area contributed by atoms with Crippen molar-refractivity contribution < 1.29 is 14.6 Å². The van der Waals surface area contributed by atoms with E-state index >= 15 is 0 Å². The summed E-state index contributed by atoms with van der Waals surface area (Å²) in [7, 11) is 0.